The van der Waals surface area contributed by atoms with Crippen molar-refractivity contribution in [3.05, 3.63) is 35.9 Å². The Morgan fingerprint density at radius 1 is 1.32 bits per heavy atom. The molecule has 0 atom stereocenters. The van der Waals surface area contributed by atoms with Crippen LogP contribution in [0.4, 0.5) is 10.6 Å². The van der Waals surface area contributed by atoms with Crippen LogP contribution in [0, 0.1) is 5.92 Å². The molecule has 1 aliphatic heterocycles. The van der Waals surface area contributed by atoms with Gasteiger partial charge < -0.3 is 21.1 Å². The van der Waals surface area contributed by atoms with Crippen molar-refractivity contribution in [2.24, 2.45) is 22.4 Å². The summed E-state index contributed by atoms with van der Waals surface area (Å²) in [6.07, 6.45) is 7.25. The van der Waals surface area contributed by atoms with Crippen LogP contribution < -0.4 is 11.5 Å². The van der Waals surface area contributed by atoms with Gasteiger partial charge in [-0.1, -0.05) is 19.9 Å². The highest BCUT2D eigenvalue weighted by molar-refractivity contribution is 5.93. The third-order valence-corrected chi connectivity index (χ3v) is 3.98. The molecule has 1 aromatic rings. The van der Waals surface area contributed by atoms with Gasteiger partial charge in [0.1, 0.15) is 11.4 Å². The summed E-state index contributed by atoms with van der Waals surface area (Å²) in [7, 11) is 0. The maximum absolute atomic E-state index is 12.3. The summed E-state index contributed by atoms with van der Waals surface area (Å²) in [6, 6.07) is 0. The standard InChI is InChI=1S/C20H30N6O2/c1-13(2)15(21)9-17(22)25-18-11-23-10-16(24-18)14-7-6-8-26(12-14)19(27)28-20(3,4)5/h7,9-11,13H,6,8,12,21H2,1-5H3,(H2,22,24,25)/b15-9-. The number of amidine groups is 1. The number of ether oxygens (including phenoxy) is 1. The Bertz CT molecular complexity index is 805. The number of amides is 1. The summed E-state index contributed by atoms with van der Waals surface area (Å²) in [5.41, 5.74) is 13.5. The SMILES string of the molecule is CC(C)/C(N)=C/C(N)=Nc1cncc(C2=CCCN(C(=O)OC(C)(C)C)C2)n1. The van der Waals surface area contributed by atoms with Crippen LogP contribution in [-0.2, 0) is 4.74 Å². The van der Waals surface area contributed by atoms with Crippen LogP contribution in [0.15, 0.2) is 35.2 Å². The zero-order valence-electron chi connectivity index (χ0n) is 17.3. The second-order valence-electron chi connectivity index (χ2n) is 8.02. The molecule has 0 aromatic carbocycles. The molecule has 2 heterocycles. The van der Waals surface area contributed by atoms with Gasteiger partial charge in [-0.3, -0.25) is 4.98 Å². The lowest BCUT2D eigenvalue weighted by Gasteiger charge is -2.30. The van der Waals surface area contributed by atoms with Crippen LogP contribution >= 0.6 is 0 Å². The topological polar surface area (TPSA) is 120 Å². The van der Waals surface area contributed by atoms with Gasteiger partial charge in [0.2, 0.25) is 0 Å². The molecule has 1 aromatic heterocycles. The molecule has 0 unspecified atom stereocenters. The van der Waals surface area contributed by atoms with Gasteiger partial charge in [-0.15, -0.1) is 0 Å². The Balaban J connectivity index is 2.16. The van der Waals surface area contributed by atoms with Crippen molar-refractivity contribution in [2.75, 3.05) is 13.1 Å². The molecule has 8 heteroatoms. The zero-order chi connectivity index (χ0) is 20.9. The van der Waals surface area contributed by atoms with E-state index >= 15 is 0 Å². The first-order valence-electron chi connectivity index (χ1n) is 9.36. The van der Waals surface area contributed by atoms with E-state index in [0.29, 0.717) is 30.3 Å². The molecule has 0 saturated carbocycles. The molecule has 0 bridgehead atoms. The number of allylic oxidation sites excluding steroid dienone is 1. The second kappa shape index (κ2) is 8.86. The highest BCUT2D eigenvalue weighted by Crippen LogP contribution is 2.22. The summed E-state index contributed by atoms with van der Waals surface area (Å²) in [5, 5.41) is 0. The smallest absolute Gasteiger partial charge is 0.410 e. The predicted octanol–water partition coefficient (Wildman–Crippen LogP) is 2.99. The Morgan fingerprint density at radius 3 is 2.68 bits per heavy atom. The molecule has 0 radical (unpaired) electrons. The lowest BCUT2D eigenvalue weighted by Crippen LogP contribution is -2.39. The monoisotopic (exact) mass is 386 g/mol. The Morgan fingerprint density at radius 2 is 2.04 bits per heavy atom. The number of hydrogen-bond donors (Lipinski definition) is 2. The number of aliphatic imine (C=N–C) groups is 1. The predicted molar refractivity (Wildman–Crippen MR) is 111 cm³/mol. The molecule has 1 aliphatic rings. The summed E-state index contributed by atoms with van der Waals surface area (Å²) < 4.78 is 5.46. The molecular weight excluding hydrogens is 356 g/mol. The van der Waals surface area contributed by atoms with E-state index in [9.17, 15) is 4.79 Å². The van der Waals surface area contributed by atoms with Gasteiger partial charge in [-0.25, -0.2) is 14.8 Å². The van der Waals surface area contributed by atoms with Gasteiger partial charge in [-0.05, 0) is 44.8 Å². The largest absolute Gasteiger partial charge is 0.444 e. The van der Waals surface area contributed by atoms with E-state index < -0.39 is 5.60 Å². The number of rotatable bonds is 4. The average Bonchev–Trinajstić information content (AvgIpc) is 2.60. The van der Waals surface area contributed by atoms with E-state index in [1.54, 1.807) is 17.2 Å². The van der Waals surface area contributed by atoms with E-state index in [2.05, 4.69) is 21.0 Å². The number of nitrogens with zero attached hydrogens (tertiary/aromatic N) is 4. The van der Waals surface area contributed by atoms with Crippen LogP contribution in [0.5, 0.6) is 0 Å². The van der Waals surface area contributed by atoms with Crippen LogP contribution in [0.1, 0.15) is 46.7 Å². The average molecular weight is 387 g/mol. The highest BCUT2D eigenvalue weighted by Gasteiger charge is 2.25. The van der Waals surface area contributed by atoms with Gasteiger partial charge in [0.05, 0.1) is 24.6 Å². The molecule has 1 amide bonds. The van der Waals surface area contributed by atoms with E-state index in [1.807, 2.05) is 34.6 Å². The fraction of sp³-hybridized carbons (Fsp3) is 0.500. The number of carbonyl (C=O) groups excluding carboxylic acids is 1. The normalized spacial score (nSPS) is 16.2. The van der Waals surface area contributed by atoms with Gasteiger partial charge in [0.25, 0.3) is 0 Å². The summed E-state index contributed by atoms with van der Waals surface area (Å²) in [4.78, 5) is 27.0. The summed E-state index contributed by atoms with van der Waals surface area (Å²) in [5.74, 6) is 0.834. The Labute approximate surface area is 166 Å². The third kappa shape index (κ3) is 6.37. The van der Waals surface area contributed by atoms with Crippen molar-refractivity contribution in [1.82, 2.24) is 14.9 Å². The fourth-order valence-electron chi connectivity index (χ4n) is 2.48. The number of aromatic nitrogens is 2. The first-order valence-corrected chi connectivity index (χ1v) is 9.36. The van der Waals surface area contributed by atoms with Crippen molar-refractivity contribution in [1.29, 1.82) is 0 Å². The first kappa shape index (κ1) is 21.4. The van der Waals surface area contributed by atoms with Crippen LogP contribution in [0.25, 0.3) is 5.57 Å². The van der Waals surface area contributed by atoms with Crippen LogP contribution in [0.2, 0.25) is 0 Å². The number of carbonyl (C=O) groups is 1. The lowest BCUT2D eigenvalue weighted by atomic mass is 10.1. The van der Waals surface area contributed by atoms with Crippen LogP contribution in [0.3, 0.4) is 0 Å². The minimum Gasteiger partial charge on any atom is -0.444 e. The third-order valence-electron chi connectivity index (χ3n) is 3.98. The lowest BCUT2D eigenvalue weighted by molar-refractivity contribution is 0.0273. The molecule has 0 spiro atoms. The zero-order valence-corrected chi connectivity index (χ0v) is 17.3. The first-order chi connectivity index (χ1) is 13.0. The van der Waals surface area contributed by atoms with Gasteiger partial charge in [0, 0.05) is 12.2 Å². The van der Waals surface area contributed by atoms with Gasteiger partial charge in [-0.2, -0.15) is 0 Å². The van der Waals surface area contributed by atoms with Crippen LogP contribution in [-0.4, -0.2) is 45.5 Å². The molecule has 0 saturated heterocycles. The van der Waals surface area contributed by atoms with Gasteiger partial charge in [0.15, 0.2) is 5.82 Å². The maximum Gasteiger partial charge on any atom is 0.410 e. The molecule has 0 fully saturated rings. The van der Waals surface area contributed by atoms with E-state index in [4.69, 9.17) is 16.2 Å². The number of hydrogen-bond acceptors (Lipinski definition) is 6. The highest BCUT2D eigenvalue weighted by atomic mass is 16.6. The second-order valence-corrected chi connectivity index (χ2v) is 8.02. The summed E-state index contributed by atoms with van der Waals surface area (Å²) in [6.45, 7) is 10.5. The van der Waals surface area contributed by atoms with E-state index in [0.717, 1.165) is 12.0 Å². The number of nitrogens with two attached hydrogens (primary N) is 2. The maximum atomic E-state index is 12.3. The van der Waals surface area contributed by atoms with E-state index in [1.165, 1.54) is 6.20 Å². The molecule has 28 heavy (non-hydrogen) atoms. The minimum absolute atomic E-state index is 0.178. The molecule has 2 rings (SSSR count). The molecule has 152 valence electrons. The van der Waals surface area contributed by atoms with Crippen molar-refractivity contribution in [3.8, 4) is 0 Å². The molecular formula is C20H30N6O2. The van der Waals surface area contributed by atoms with Crippen molar-refractivity contribution in [2.45, 2.75) is 46.6 Å². The van der Waals surface area contributed by atoms with Gasteiger partial charge >= 0.3 is 6.09 Å². The quantitative estimate of drug-likeness (QED) is 0.606. The molecule has 0 aliphatic carbocycles. The molecule has 8 nitrogen and oxygen atoms in total. The Kier molecular flexibility index (Phi) is 6.77. The van der Waals surface area contributed by atoms with E-state index in [-0.39, 0.29) is 17.8 Å². The van der Waals surface area contributed by atoms with Crippen molar-refractivity contribution < 1.29 is 9.53 Å². The fourth-order valence-corrected chi connectivity index (χ4v) is 2.48. The van der Waals surface area contributed by atoms with Crippen molar-refractivity contribution >= 4 is 23.3 Å². The molecule has 4 N–H and O–H groups in total. The Hall–Kier alpha value is -2.90. The van der Waals surface area contributed by atoms with Crippen molar-refractivity contribution in [3.63, 3.8) is 0 Å². The summed E-state index contributed by atoms with van der Waals surface area (Å²) >= 11 is 0. The minimum atomic E-state index is -0.532.